The molecule has 1 fully saturated rings. The smallest absolute Gasteiger partial charge is 0.318 e. The number of rotatable bonds is 4. The van der Waals surface area contributed by atoms with Crippen LogP contribution >= 0.6 is 0 Å². The molecule has 0 aromatic heterocycles. The van der Waals surface area contributed by atoms with E-state index in [0.29, 0.717) is 25.2 Å². The summed E-state index contributed by atoms with van der Waals surface area (Å²) < 4.78 is 5.41. The van der Waals surface area contributed by atoms with Crippen molar-refractivity contribution in [2.75, 3.05) is 6.61 Å². The van der Waals surface area contributed by atoms with Crippen LogP contribution in [0.1, 0.15) is 45.6 Å². The van der Waals surface area contributed by atoms with E-state index in [9.17, 15) is 4.79 Å². The fourth-order valence-electron chi connectivity index (χ4n) is 2.96. The zero-order valence-corrected chi connectivity index (χ0v) is 13.3. The first-order chi connectivity index (χ1) is 10.1. The van der Waals surface area contributed by atoms with Gasteiger partial charge in [-0.15, -0.1) is 0 Å². The zero-order valence-electron chi connectivity index (χ0n) is 13.3. The van der Waals surface area contributed by atoms with Gasteiger partial charge in [0.1, 0.15) is 5.75 Å². The molecule has 0 bridgehead atoms. The highest BCUT2D eigenvalue weighted by molar-refractivity contribution is 5.75. The molecule has 0 radical (unpaired) electrons. The van der Waals surface area contributed by atoms with Gasteiger partial charge in [-0.3, -0.25) is 0 Å². The minimum absolute atomic E-state index is 0.0450. The molecule has 2 rings (SSSR count). The molecule has 1 N–H and O–H groups in total. The summed E-state index contributed by atoms with van der Waals surface area (Å²) in [5, 5.41) is 3.03. The lowest BCUT2D eigenvalue weighted by Gasteiger charge is -2.38. The van der Waals surface area contributed by atoms with Crippen molar-refractivity contribution in [3.05, 3.63) is 29.8 Å². The lowest BCUT2D eigenvalue weighted by Crippen LogP contribution is -2.51. The Kier molecular flexibility index (Phi) is 5.48. The molecule has 0 saturated carbocycles. The standard InChI is InChI=1S/C17H26N2O2/c1-4-21-16-10-8-15(9-11-16)12-18-17(20)19-13(2)6-5-7-14(19)3/h8-11,13-14H,4-7,12H2,1-3H3,(H,18,20). The van der Waals surface area contributed by atoms with Crippen molar-refractivity contribution in [3.63, 3.8) is 0 Å². The molecular formula is C17H26N2O2. The molecule has 2 amide bonds. The van der Waals surface area contributed by atoms with Gasteiger partial charge < -0.3 is 15.0 Å². The second-order valence-corrected chi connectivity index (χ2v) is 5.77. The van der Waals surface area contributed by atoms with Crippen molar-refractivity contribution in [3.8, 4) is 5.75 Å². The predicted octanol–water partition coefficient (Wildman–Crippen LogP) is 3.56. The lowest BCUT2D eigenvalue weighted by molar-refractivity contribution is 0.123. The second kappa shape index (κ2) is 7.34. The summed E-state index contributed by atoms with van der Waals surface area (Å²) >= 11 is 0. The Bertz CT molecular complexity index is 448. The Balaban J connectivity index is 1.88. The average Bonchev–Trinajstić information content (AvgIpc) is 2.47. The first kappa shape index (κ1) is 15.7. The first-order valence-corrected chi connectivity index (χ1v) is 7.89. The fourth-order valence-corrected chi connectivity index (χ4v) is 2.96. The van der Waals surface area contributed by atoms with E-state index in [1.165, 1.54) is 6.42 Å². The largest absolute Gasteiger partial charge is 0.494 e. The highest BCUT2D eigenvalue weighted by Crippen LogP contribution is 2.22. The van der Waals surface area contributed by atoms with Crippen molar-refractivity contribution in [1.82, 2.24) is 10.2 Å². The first-order valence-electron chi connectivity index (χ1n) is 7.89. The summed E-state index contributed by atoms with van der Waals surface area (Å²) in [6.07, 6.45) is 3.41. The van der Waals surface area contributed by atoms with E-state index in [0.717, 1.165) is 24.2 Å². The summed E-state index contributed by atoms with van der Waals surface area (Å²) in [5.74, 6) is 0.867. The van der Waals surface area contributed by atoms with Gasteiger partial charge in [-0.05, 0) is 57.7 Å². The third kappa shape index (κ3) is 4.13. The van der Waals surface area contributed by atoms with E-state index in [-0.39, 0.29) is 6.03 Å². The molecule has 1 saturated heterocycles. The number of hydrogen-bond donors (Lipinski definition) is 1. The maximum Gasteiger partial charge on any atom is 0.318 e. The van der Waals surface area contributed by atoms with E-state index < -0.39 is 0 Å². The van der Waals surface area contributed by atoms with Crippen molar-refractivity contribution in [2.45, 2.75) is 58.7 Å². The van der Waals surface area contributed by atoms with Gasteiger partial charge in [0.25, 0.3) is 0 Å². The molecular weight excluding hydrogens is 264 g/mol. The Morgan fingerprint density at radius 3 is 2.43 bits per heavy atom. The topological polar surface area (TPSA) is 41.6 Å². The summed E-state index contributed by atoms with van der Waals surface area (Å²) in [5.41, 5.74) is 1.09. The highest BCUT2D eigenvalue weighted by Gasteiger charge is 2.28. The number of piperidine rings is 1. The van der Waals surface area contributed by atoms with Crippen LogP contribution in [0, 0.1) is 0 Å². The van der Waals surface area contributed by atoms with Gasteiger partial charge in [0.2, 0.25) is 0 Å². The highest BCUT2D eigenvalue weighted by atomic mass is 16.5. The van der Waals surface area contributed by atoms with Crippen LogP contribution in [-0.2, 0) is 6.54 Å². The average molecular weight is 290 g/mol. The number of nitrogens with zero attached hydrogens (tertiary/aromatic N) is 1. The van der Waals surface area contributed by atoms with Crippen molar-refractivity contribution in [1.29, 1.82) is 0 Å². The number of ether oxygens (including phenoxy) is 1. The summed E-state index contributed by atoms with van der Waals surface area (Å²) in [6, 6.07) is 8.57. The van der Waals surface area contributed by atoms with Gasteiger partial charge >= 0.3 is 6.03 Å². The van der Waals surface area contributed by atoms with Gasteiger partial charge in [0.05, 0.1) is 6.61 Å². The molecule has 1 aliphatic rings. The molecule has 0 aliphatic carbocycles. The quantitative estimate of drug-likeness (QED) is 0.921. The third-order valence-electron chi connectivity index (χ3n) is 4.11. The molecule has 21 heavy (non-hydrogen) atoms. The zero-order chi connectivity index (χ0) is 15.2. The lowest BCUT2D eigenvalue weighted by atomic mass is 9.98. The van der Waals surface area contributed by atoms with E-state index in [1.54, 1.807) is 0 Å². The SMILES string of the molecule is CCOc1ccc(CNC(=O)N2C(C)CCCC2C)cc1. The summed E-state index contributed by atoms with van der Waals surface area (Å²) in [4.78, 5) is 14.3. The number of carbonyl (C=O) groups is 1. The number of amides is 2. The molecule has 1 aromatic rings. The van der Waals surface area contributed by atoms with Crippen molar-refractivity contribution in [2.24, 2.45) is 0 Å². The number of carbonyl (C=O) groups excluding carboxylic acids is 1. The van der Waals surface area contributed by atoms with Gasteiger partial charge in [0.15, 0.2) is 0 Å². The van der Waals surface area contributed by atoms with E-state index in [2.05, 4.69) is 19.2 Å². The molecule has 1 aliphatic heterocycles. The number of benzene rings is 1. The molecule has 2 atom stereocenters. The summed E-state index contributed by atoms with van der Waals surface area (Å²) in [7, 11) is 0. The normalized spacial score (nSPS) is 22.0. The maximum absolute atomic E-state index is 12.4. The van der Waals surface area contributed by atoms with Crippen LogP contribution in [0.4, 0.5) is 4.79 Å². The van der Waals surface area contributed by atoms with Crippen molar-refractivity contribution >= 4 is 6.03 Å². The minimum Gasteiger partial charge on any atom is -0.494 e. The Morgan fingerprint density at radius 1 is 1.24 bits per heavy atom. The molecule has 116 valence electrons. The van der Waals surface area contributed by atoms with E-state index in [4.69, 9.17) is 4.74 Å². The van der Waals surface area contributed by atoms with Crippen LogP contribution in [0.25, 0.3) is 0 Å². The van der Waals surface area contributed by atoms with E-state index >= 15 is 0 Å². The molecule has 4 heteroatoms. The predicted molar refractivity (Wildman–Crippen MR) is 84.5 cm³/mol. The molecule has 1 aromatic carbocycles. The van der Waals surface area contributed by atoms with Gasteiger partial charge in [0, 0.05) is 18.6 Å². The van der Waals surface area contributed by atoms with Crippen LogP contribution in [0.2, 0.25) is 0 Å². The maximum atomic E-state index is 12.4. The molecule has 2 unspecified atom stereocenters. The van der Waals surface area contributed by atoms with Crippen LogP contribution in [-0.4, -0.2) is 29.6 Å². The summed E-state index contributed by atoms with van der Waals surface area (Å²) in [6.45, 7) is 7.45. The van der Waals surface area contributed by atoms with Gasteiger partial charge in [-0.1, -0.05) is 12.1 Å². The number of hydrogen-bond acceptors (Lipinski definition) is 2. The van der Waals surface area contributed by atoms with Gasteiger partial charge in [-0.25, -0.2) is 4.79 Å². The molecule has 0 spiro atoms. The third-order valence-corrected chi connectivity index (χ3v) is 4.11. The molecule has 4 nitrogen and oxygen atoms in total. The van der Waals surface area contributed by atoms with E-state index in [1.807, 2.05) is 36.1 Å². The number of urea groups is 1. The Morgan fingerprint density at radius 2 is 1.86 bits per heavy atom. The van der Waals surface area contributed by atoms with Crippen LogP contribution in [0.3, 0.4) is 0 Å². The second-order valence-electron chi connectivity index (χ2n) is 5.77. The monoisotopic (exact) mass is 290 g/mol. The van der Waals surface area contributed by atoms with Gasteiger partial charge in [-0.2, -0.15) is 0 Å². The molecule has 1 heterocycles. The number of likely N-dealkylation sites (tertiary alicyclic amines) is 1. The Hall–Kier alpha value is -1.71. The Labute approximate surface area is 127 Å². The van der Waals surface area contributed by atoms with Crippen molar-refractivity contribution < 1.29 is 9.53 Å². The van der Waals surface area contributed by atoms with Crippen LogP contribution in [0.5, 0.6) is 5.75 Å². The van der Waals surface area contributed by atoms with Crippen LogP contribution < -0.4 is 10.1 Å². The number of nitrogens with one attached hydrogen (secondary N) is 1. The fraction of sp³-hybridized carbons (Fsp3) is 0.588. The van der Waals surface area contributed by atoms with Crippen LogP contribution in [0.15, 0.2) is 24.3 Å². The minimum atomic E-state index is 0.0450.